The largest absolute Gasteiger partial charge is 0.289 e. The molecule has 0 saturated carbocycles. The van der Waals surface area contributed by atoms with E-state index in [1.165, 1.54) is 12.1 Å². The fourth-order valence-electron chi connectivity index (χ4n) is 2.48. The van der Waals surface area contributed by atoms with E-state index >= 15 is 0 Å². The summed E-state index contributed by atoms with van der Waals surface area (Å²) in [7, 11) is -4.14. The van der Waals surface area contributed by atoms with Crippen molar-refractivity contribution >= 4 is 20.5 Å². The summed E-state index contributed by atoms with van der Waals surface area (Å²) in [6, 6.07) is 17.2. The summed E-state index contributed by atoms with van der Waals surface area (Å²) >= 11 is 0. The Hall–Kier alpha value is -3.12. The maximum atomic E-state index is 13.3. The van der Waals surface area contributed by atoms with Crippen LogP contribution in [0.15, 0.2) is 89.8 Å². The lowest BCUT2D eigenvalue weighted by atomic mass is 10.1. The van der Waals surface area contributed by atoms with Gasteiger partial charge in [-0.25, -0.2) is 17.2 Å². The molecule has 27 heavy (non-hydrogen) atoms. The normalized spacial score (nSPS) is 12.0. The minimum absolute atomic E-state index is 0.157. The fourth-order valence-corrected chi connectivity index (χ4v) is 3.93. The molecular formula is C21H14F2O3S. The van der Waals surface area contributed by atoms with Crippen LogP contribution in [0.4, 0.5) is 8.78 Å². The Bertz CT molecular complexity index is 1090. The molecule has 0 unspecified atom stereocenters. The Balaban J connectivity index is 2.15. The third-order valence-electron chi connectivity index (χ3n) is 3.86. The lowest BCUT2D eigenvalue weighted by Gasteiger charge is -2.10. The molecule has 6 heteroatoms. The van der Waals surface area contributed by atoms with Crippen LogP contribution in [0.2, 0.25) is 0 Å². The van der Waals surface area contributed by atoms with E-state index in [-0.39, 0.29) is 15.4 Å². The van der Waals surface area contributed by atoms with E-state index in [0.29, 0.717) is 5.56 Å². The van der Waals surface area contributed by atoms with Gasteiger partial charge in [-0.1, -0.05) is 42.5 Å². The van der Waals surface area contributed by atoms with E-state index in [0.717, 1.165) is 42.5 Å². The Kier molecular flexibility index (Phi) is 5.28. The molecule has 0 spiro atoms. The van der Waals surface area contributed by atoms with E-state index < -0.39 is 27.3 Å². The van der Waals surface area contributed by atoms with Gasteiger partial charge >= 0.3 is 0 Å². The molecule has 0 fully saturated rings. The number of halogens is 2. The van der Waals surface area contributed by atoms with E-state index in [9.17, 15) is 22.0 Å². The van der Waals surface area contributed by atoms with Gasteiger partial charge in [0.1, 0.15) is 11.6 Å². The standard InChI is InChI=1S/C21H14F2O3S/c22-17-8-6-16(7-9-17)21(14-20(24)15-4-2-1-3-5-15)27(25,26)19-12-10-18(23)11-13-19/h1-14H. The Morgan fingerprint density at radius 2 is 1.22 bits per heavy atom. The van der Waals surface area contributed by atoms with Gasteiger partial charge in [0.15, 0.2) is 5.78 Å². The predicted molar refractivity (Wildman–Crippen MR) is 98.7 cm³/mol. The summed E-state index contributed by atoms with van der Waals surface area (Å²) < 4.78 is 52.6. The quantitative estimate of drug-likeness (QED) is 0.365. The van der Waals surface area contributed by atoms with Crippen molar-refractivity contribution in [3.05, 3.63) is 108 Å². The van der Waals surface area contributed by atoms with Crippen LogP contribution in [0.1, 0.15) is 15.9 Å². The van der Waals surface area contributed by atoms with Gasteiger partial charge in [-0.3, -0.25) is 4.79 Å². The first-order chi connectivity index (χ1) is 12.9. The number of hydrogen-bond acceptors (Lipinski definition) is 3. The second-order valence-electron chi connectivity index (χ2n) is 5.70. The van der Waals surface area contributed by atoms with Crippen molar-refractivity contribution < 1.29 is 22.0 Å². The number of ketones is 1. The van der Waals surface area contributed by atoms with E-state index in [2.05, 4.69) is 0 Å². The van der Waals surface area contributed by atoms with Gasteiger partial charge in [-0.2, -0.15) is 0 Å². The molecule has 0 N–H and O–H groups in total. The summed E-state index contributed by atoms with van der Waals surface area (Å²) in [5.41, 5.74) is 0.469. The van der Waals surface area contributed by atoms with Crippen LogP contribution in [-0.4, -0.2) is 14.2 Å². The zero-order valence-electron chi connectivity index (χ0n) is 14.0. The highest BCUT2D eigenvalue weighted by atomic mass is 32.2. The molecule has 3 nitrogen and oxygen atoms in total. The lowest BCUT2D eigenvalue weighted by molar-refractivity contribution is 0.104. The second kappa shape index (κ2) is 7.63. The number of carbonyl (C=O) groups is 1. The molecule has 0 aliphatic rings. The molecule has 0 heterocycles. The molecule has 0 bridgehead atoms. The monoisotopic (exact) mass is 384 g/mol. The van der Waals surface area contributed by atoms with Crippen LogP contribution in [0, 0.1) is 11.6 Å². The molecule has 3 aromatic rings. The van der Waals surface area contributed by atoms with Crippen LogP contribution in [0.5, 0.6) is 0 Å². The average molecular weight is 384 g/mol. The zero-order chi connectivity index (χ0) is 19.4. The molecule has 0 saturated heterocycles. The number of hydrogen-bond donors (Lipinski definition) is 0. The minimum atomic E-state index is -4.14. The molecule has 3 aromatic carbocycles. The molecule has 3 rings (SSSR count). The smallest absolute Gasteiger partial charge is 0.207 e. The number of rotatable bonds is 5. The van der Waals surface area contributed by atoms with Gasteiger partial charge in [0.2, 0.25) is 9.84 Å². The van der Waals surface area contributed by atoms with E-state index in [1.54, 1.807) is 30.3 Å². The summed E-state index contributed by atoms with van der Waals surface area (Å²) in [5.74, 6) is -1.63. The summed E-state index contributed by atoms with van der Waals surface area (Å²) in [5, 5.41) is 0. The summed E-state index contributed by atoms with van der Waals surface area (Å²) in [4.78, 5) is 12.1. The molecule has 0 aliphatic heterocycles. The maximum Gasteiger partial charge on any atom is 0.207 e. The molecule has 136 valence electrons. The van der Waals surface area contributed by atoms with Crippen LogP contribution >= 0.6 is 0 Å². The Labute approximate surface area is 155 Å². The molecule has 0 amide bonds. The van der Waals surface area contributed by atoms with Crippen molar-refractivity contribution in [2.45, 2.75) is 4.90 Å². The van der Waals surface area contributed by atoms with E-state index in [1.807, 2.05) is 0 Å². The van der Waals surface area contributed by atoms with Gasteiger partial charge in [0, 0.05) is 11.6 Å². The topological polar surface area (TPSA) is 51.2 Å². The molecule has 0 aliphatic carbocycles. The maximum absolute atomic E-state index is 13.3. The van der Waals surface area contributed by atoms with Gasteiger partial charge < -0.3 is 0 Å². The fraction of sp³-hybridized carbons (Fsp3) is 0. The number of benzene rings is 3. The number of allylic oxidation sites excluding steroid dienone is 1. The Morgan fingerprint density at radius 1 is 0.704 bits per heavy atom. The van der Waals surface area contributed by atoms with Crippen LogP contribution < -0.4 is 0 Å². The van der Waals surface area contributed by atoms with Crippen molar-refractivity contribution in [1.29, 1.82) is 0 Å². The summed E-state index contributed by atoms with van der Waals surface area (Å²) in [6.45, 7) is 0. The van der Waals surface area contributed by atoms with Crippen molar-refractivity contribution in [3.63, 3.8) is 0 Å². The van der Waals surface area contributed by atoms with Crippen molar-refractivity contribution in [2.24, 2.45) is 0 Å². The first kappa shape index (κ1) is 18.7. The predicted octanol–water partition coefficient (Wildman–Crippen LogP) is 4.66. The third-order valence-corrected chi connectivity index (χ3v) is 5.69. The van der Waals surface area contributed by atoms with Gasteiger partial charge in [-0.05, 0) is 42.0 Å². The van der Waals surface area contributed by atoms with Crippen LogP contribution in [0.3, 0.4) is 0 Å². The third kappa shape index (κ3) is 4.17. The van der Waals surface area contributed by atoms with Crippen molar-refractivity contribution in [2.75, 3.05) is 0 Å². The summed E-state index contributed by atoms with van der Waals surface area (Å²) in [6.07, 6.45) is 1.00. The first-order valence-corrected chi connectivity index (χ1v) is 9.44. The highest BCUT2D eigenvalue weighted by Gasteiger charge is 2.24. The van der Waals surface area contributed by atoms with Gasteiger partial charge in [-0.15, -0.1) is 0 Å². The molecule has 0 radical (unpaired) electrons. The Morgan fingerprint density at radius 3 is 1.78 bits per heavy atom. The highest BCUT2D eigenvalue weighted by molar-refractivity contribution is 8.00. The molecular weight excluding hydrogens is 370 g/mol. The number of sulfone groups is 1. The van der Waals surface area contributed by atoms with Crippen molar-refractivity contribution in [1.82, 2.24) is 0 Å². The minimum Gasteiger partial charge on any atom is -0.289 e. The molecule has 0 atom stereocenters. The SMILES string of the molecule is O=C(C=C(c1ccc(F)cc1)S(=O)(=O)c1ccc(F)cc1)c1ccccc1. The van der Waals surface area contributed by atoms with Gasteiger partial charge in [0.05, 0.1) is 9.80 Å². The molecule has 0 aromatic heterocycles. The number of carbonyl (C=O) groups excluding carboxylic acids is 1. The average Bonchev–Trinajstić information content (AvgIpc) is 2.68. The van der Waals surface area contributed by atoms with Crippen molar-refractivity contribution in [3.8, 4) is 0 Å². The lowest BCUT2D eigenvalue weighted by Crippen LogP contribution is -2.07. The van der Waals surface area contributed by atoms with Crippen LogP contribution in [0.25, 0.3) is 4.91 Å². The zero-order valence-corrected chi connectivity index (χ0v) is 14.8. The van der Waals surface area contributed by atoms with E-state index in [4.69, 9.17) is 0 Å². The first-order valence-electron chi connectivity index (χ1n) is 7.95. The second-order valence-corrected chi connectivity index (χ2v) is 7.62. The highest BCUT2D eigenvalue weighted by Crippen LogP contribution is 2.29. The van der Waals surface area contributed by atoms with Gasteiger partial charge in [0.25, 0.3) is 0 Å². The van der Waals surface area contributed by atoms with Crippen LogP contribution in [-0.2, 0) is 9.84 Å².